The standard InChI is InChI=1S/C13H18N4O/c14-13(15)17(16-9-5-2-6-10-16)12(18)11-7-3-1-4-8-11/h1,3-4,7-8H,2,5-6,9-10H2,(H3,14,15). The monoisotopic (exact) mass is 246 g/mol. The van der Waals surface area contributed by atoms with Crippen LogP contribution >= 0.6 is 0 Å². The first-order chi connectivity index (χ1) is 8.70. The molecule has 1 heterocycles. The van der Waals surface area contributed by atoms with Gasteiger partial charge in [0.25, 0.3) is 5.91 Å². The first-order valence-corrected chi connectivity index (χ1v) is 6.18. The summed E-state index contributed by atoms with van der Waals surface area (Å²) in [5, 5.41) is 10.8. The summed E-state index contributed by atoms with van der Waals surface area (Å²) in [5.74, 6) is -0.448. The third kappa shape index (κ3) is 2.68. The van der Waals surface area contributed by atoms with E-state index in [0.717, 1.165) is 25.9 Å². The van der Waals surface area contributed by atoms with E-state index in [-0.39, 0.29) is 11.9 Å². The zero-order valence-electron chi connectivity index (χ0n) is 10.3. The molecule has 2 rings (SSSR count). The highest BCUT2D eigenvalue weighted by atomic mass is 16.2. The molecule has 1 amide bonds. The number of hydrazine groups is 1. The van der Waals surface area contributed by atoms with Crippen LogP contribution in [0, 0.1) is 5.41 Å². The Balaban J connectivity index is 2.19. The molecule has 0 aliphatic carbocycles. The fourth-order valence-corrected chi connectivity index (χ4v) is 2.17. The molecule has 3 N–H and O–H groups in total. The van der Waals surface area contributed by atoms with Gasteiger partial charge in [-0.3, -0.25) is 10.2 Å². The number of guanidine groups is 1. The van der Waals surface area contributed by atoms with Gasteiger partial charge in [0.1, 0.15) is 0 Å². The molecular formula is C13H18N4O. The Labute approximate surface area is 107 Å². The molecule has 0 radical (unpaired) electrons. The van der Waals surface area contributed by atoms with Crippen molar-refractivity contribution in [2.45, 2.75) is 19.3 Å². The van der Waals surface area contributed by atoms with Gasteiger partial charge in [0.15, 0.2) is 0 Å². The van der Waals surface area contributed by atoms with Gasteiger partial charge in [-0.15, -0.1) is 0 Å². The quantitative estimate of drug-likeness (QED) is 0.612. The summed E-state index contributed by atoms with van der Waals surface area (Å²) in [6.45, 7) is 1.55. The first kappa shape index (κ1) is 12.6. The van der Waals surface area contributed by atoms with Crippen molar-refractivity contribution in [2.75, 3.05) is 13.1 Å². The van der Waals surface area contributed by atoms with Gasteiger partial charge in [-0.1, -0.05) is 24.6 Å². The van der Waals surface area contributed by atoms with Crippen LogP contribution in [-0.4, -0.2) is 35.0 Å². The summed E-state index contributed by atoms with van der Waals surface area (Å²) in [7, 11) is 0. The number of rotatable bonds is 2. The lowest BCUT2D eigenvalue weighted by molar-refractivity contribution is 0.0197. The maximum absolute atomic E-state index is 12.3. The minimum atomic E-state index is -0.231. The van der Waals surface area contributed by atoms with Crippen LogP contribution in [0.3, 0.4) is 0 Å². The number of amides is 1. The van der Waals surface area contributed by atoms with Crippen LogP contribution in [0.15, 0.2) is 30.3 Å². The van der Waals surface area contributed by atoms with Gasteiger partial charge in [0, 0.05) is 18.7 Å². The van der Waals surface area contributed by atoms with Crippen molar-refractivity contribution in [3.63, 3.8) is 0 Å². The topological polar surface area (TPSA) is 73.4 Å². The zero-order chi connectivity index (χ0) is 13.0. The van der Waals surface area contributed by atoms with Crippen molar-refractivity contribution in [3.8, 4) is 0 Å². The fourth-order valence-electron chi connectivity index (χ4n) is 2.17. The minimum Gasteiger partial charge on any atom is -0.369 e. The molecule has 1 aliphatic heterocycles. The predicted octanol–water partition coefficient (Wildman–Crippen LogP) is 1.42. The second-order valence-electron chi connectivity index (χ2n) is 4.38. The van der Waals surface area contributed by atoms with Gasteiger partial charge in [0.05, 0.1) is 0 Å². The molecule has 1 aliphatic rings. The number of hydrogen-bond acceptors (Lipinski definition) is 3. The van der Waals surface area contributed by atoms with Crippen LogP contribution in [0.4, 0.5) is 0 Å². The number of carbonyl (C=O) groups excluding carboxylic acids is 1. The highest BCUT2D eigenvalue weighted by Gasteiger charge is 2.26. The molecule has 0 unspecified atom stereocenters. The minimum absolute atomic E-state index is 0.217. The van der Waals surface area contributed by atoms with Crippen LogP contribution < -0.4 is 5.73 Å². The lowest BCUT2D eigenvalue weighted by Crippen LogP contribution is -2.54. The van der Waals surface area contributed by atoms with Crippen molar-refractivity contribution in [3.05, 3.63) is 35.9 Å². The van der Waals surface area contributed by atoms with E-state index in [1.807, 2.05) is 23.2 Å². The molecule has 18 heavy (non-hydrogen) atoms. The molecule has 5 nitrogen and oxygen atoms in total. The molecule has 0 spiro atoms. The van der Waals surface area contributed by atoms with Crippen molar-refractivity contribution in [1.82, 2.24) is 10.0 Å². The molecule has 0 bridgehead atoms. The summed E-state index contributed by atoms with van der Waals surface area (Å²) in [6.07, 6.45) is 3.24. The number of hydrogen-bond donors (Lipinski definition) is 2. The van der Waals surface area contributed by atoms with Crippen LogP contribution in [0.25, 0.3) is 0 Å². The first-order valence-electron chi connectivity index (χ1n) is 6.18. The van der Waals surface area contributed by atoms with Crippen molar-refractivity contribution in [1.29, 1.82) is 5.41 Å². The Kier molecular flexibility index (Phi) is 3.94. The fraction of sp³-hybridized carbons (Fsp3) is 0.385. The van der Waals surface area contributed by atoms with E-state index in [4.69, 9.17) is 11.1 Å². The highest BCUT2D eigenvalue weighted by molar-refractivity contribution is 6.03. The van der Waals surface area contributed by atoms with E-state index in [9.17, 15) is 4.79 Å². The van der Waals surface area contributed by atoms with Crippen molar-refractivity contribution < 1.29 is 4.79 Å². The van der Waals surface area contributed by atoms with E-state index in [1.165, 1.54) is 11.4 Å². The molecule has 1 aromatic rings. The summed E-state index contributed by atoms with van der Waals surface area (Å²) in [4.78, 5) is 12.3. The van der Waals surface area contributed by atoms with E-state index >= 15 is 0 Å². The molecule has 0 saturated carbocycles. The van der Waals surface area contributed by atoms with Crippen LogP contribution in [0.1, 0.15) is 29.6 Å². The highest BCUT2D eigenvalue weighted by Crippen LogP contribution is 2.14. The van der Waals surface area contributed by atoms with Gasteiger partial charge in [-0.2, -0.15) is 0 Å². The Morgan fingerprint density at radius 3 is 2.33 bits per heavy atom. The Morgan fingerprint density at radius 1 is 1.17 bits per heavy atom. The summed E-state index contributed by atoms with van der Waals surface area (Å²) >= 11 is 0. The molecular weight excluding hydrogens is 228 g/mol. The number of carbonyl (C=O) groups is 1. The maximum Gasteiger partial charge on any atom is 0.275 e. The third-order valence-corrected chi connectivity index (χ3v) is 3.06. The smallest absolute Gasteiger partial charge is 0.275 e. The van der Waals surface area contributed by atoms with Gasteiger partial charge < -0.3 is 5.73 Å². The van der Waals surface area contributed by atoms with Crippen LogP contribution in [0.5, 0.6) is 0 Å². The molecule has 5 heteroatoms. The normalized spacial score (nSPS) is 16.2. The van der Waals surface area contributed by atoms with E-state index < -0.39 is 0 Å². The van der Waals surface area contributed by atoms with Crippen LogP contribution in [-0.2, 0) is 0 Å². The SMILES string of the molecule is N=C(N)N(C(=O)c1ccccc1)N1CCCCC1. The summed E-state index contributed by atoms with van der Waals surface area (Å²) in [5.41, 5.74) is 6.11. The second kappa shape index (κ2) is 5.64. The zero-order valence-corrected chi connectivity index (χ0v) is 10.3. The predicted molar refractivity (Wildman–Crippen MR) is 69.9 cm³/mol. The van der Waals surface area contributed by atoms with Gasteiger partial charge in [-0.25, -0.2) is 10.0 Å². The molecule has 96 valence electrons. The lowest BCUT2D eigenvalue weighted by Gasteiger charge is -2.35. The van der Waals surface area contributed by atoms with E-state index in [2.05, 4.69) is 0 Å². The molecule has 1 saturated heterocycles. The number of nitrogens with two attached hydrogens (primary N) is 1. The van der Waals surface area contributed by atoms with Gasteiger partial charge >= 0.3 is 0 Å². The molecule has 1 fully saturated rings. The van der Waals surface area contributed by atoms with Gasteiger partial charge in [0.2, 0.25) is 5.96 Å². The van der Waals surface area contributed by atoms with Crippen molar-refractivity contribution >= 4 is 11.9 Å². The molecule has 1 aromatic carbocycles. The lowest BCUT2D eigenvalue weighted by atomic mass is 10.1. The number of nitrogens with zero attached hydrogens (tertiary/aromatic N) is 2. The third-order valence-electron chi connectivity index (χ3n) is 3.06. The Hall–Kier alpha value is -1.88. The summed E-state index contributed by atoms with van der Waals surface area (Å²) < 4.78 is 0. The van der Waals surface area contributed by atoms with E-state index in [1.54, 1.807) is 12.1 Å². The van der Waals surface area contributed by atoms with Crippen LogP contribution in [0.2, 0.25) is 0 Å². The molecule has 0 aromatic heterocycles. The summed E-state index contributed by atoms with van der Waals surface area (Å²) in [6, 6.07) is 8.95. The number of nitrogens with one attached hydrogen (secondary N) is 1. The van der Waals surface area contributed by atoms with Crippen molar-refractivity contribution in [2.24, 2.45) is 5.73 Å². The Bertz CT molecular complexity index is 426. The average Bonchev–Trinajstić information content (AvgIpc) is 2.40. The second-order valence-corrected chi connectivity index (χ2v) is 4.38. The average molecular weight is 246 g/mol. The number of piperidine rings is 1. The van der Waals surface area contributed by atoms with E-state index in [0.29, 0.717) is 5.56 Å². The number of benzene rings is 1. The largest absolute Gasteiger partial charge is 0.369 e. The maximum atomic E-state index is 12.3. The molecule has 0 atom stereocenters. The Morgan fingerprint density at radius 2 is 1.78 bits per heavy atom. The van der Waals surface area contributed by atoms with Gasteiger partial charge in [-0.05, 0) is 25.0 Å².